The summed E-state index contributed by atoms with van der Waals surface area (Å²) in [6.45, 7) is 10.7. The molecule has 40 heavy (non-hydrogen) atoms. The van der Waals surface area contributed by atoms with Crippen LogP contribution < -0.4 is 9.64 Å². The van der Waals surface area contributed by atoms with Crippen LogP contribution in [0.2, 0.25) is 0 Å². The lowest BCUT2D eigenvalue weighted by atomic mass is 10.0. The minimum Gasteiger partial charge on any atom is -0.490 e. The summed E-state index contributed by atoms with van der Waals surface area (Å²) in [4.78, 5) is 31.5. The van der Waals surface area contributed by atoms with Crippen LogP contribution >= 0.6 is 0 Å². The molecule has 8 heteroatoms. The molecule has 2 saturated heterocycles. The van der Waals surface area contributed by atoms with Gasteiger partial charge in [-0.2, -0.15) is 0 Å². The number of hydrogen-bond acceptors (Lipinski definition) is 6. The number of amides is 2. The van der Waals surface area contributed by atoms with Crippen LogP contribution in [0, 0.1) is 6.92 Å². The van der Waals surface area contributed by atoms with Gasteiger partial charge in [0.15, 0.2) is 5.76 Å². The Morgan fingerprint density at radius 2 is 1.60 bits per heavy atom. The zero-order chi connectivity index (χ0) is 28.4. The normalized spacial score (nSPS) is 17.2. The van der Waals surface area contributed by atoms with Gasteiger partial charge in [0.1, 0.15) is 23.0 Å². The van der Waals surface area contributed by atoms with E-state index in [0.717, 1.165) is 37.1 Å². The number of furan rings is 1. The van der Waals surface area contributed by atoms with E-state index in [1.54, 1.807) is 22.9 Å². The molecule has 8 nitrogen and oxygen atoms in total. The van der Waals surface area contributed by atoms with Crippen molar-refractivity contribution in [2.24, 2.45) is 0 Å². The highest BCUT2D eigenvalue weighted by Crippen LogP contribution is 2.29. The van der Waals surface area contributed by atoms with E-state index in [-0.39, 0.29) is 24.1 Å². The quantitative estimate of drug-likeness (QED) is 0.375. The maximum absolute atomic E-state index is 13.3. The second-order valence-corrected chi connectivity index (χ2v) is 12.1. The van der Waals surface area contributed by atoms with E-state index in [9.17, 15) is 9.59 Å². The topological polar surface area (TPSA) is 75.5 Å². The summed E-state index contributed by atoms with van der Waals surface area (Å²) < 4.78 is 17.8. The third kappa shape index (κ3) is 6.54. The van der Waals surface area contributed by atoms with Gasteiger partial charge in [0.25, 0.3) is 5.91 Å². The largest absolute Gasteiger partial charge is 0.490 e. The molecule has 2 aliphatic heterocycles. The van der Waals surface area contributed by atoms with Crippen molar-refractivity contribution in [3.8, 4) is 5.75 Å². The number of likely N-dealkylation sites (tertiary alicyclic amines) is 1. The lowest BCUT2D eigenvalue weighted by Crippen LogP contribution is -2.48. The second kappa shape index (κ2) is 11.4. The Hall–Kier alpha value is -3.68. The number of benzene rings is 2. The number of nitrogens with zero attached hydrogens (tertiary/aromatic N) is 3. The Bertz CT molecular complexity index is 1330. The molecule has 0 saturated carbocycles. The molecule has 2 aromatic carbocycles. The average Bonchev–Trinajstić information content (AvgIpc) is 3.36. The van der Waals surface area contributed by atoms with Crippen LogP contribution in [0.1, 0.15) is 62.6 Å². The SMILES string of the molecule is Cc1ccc(N2CCC(Oc3ccc4oc(C(=O)N(C)C5CCN(C(=O)OC(C)(C)C)CC5)cc4c3)CC2)cc1. The molecule has 3 heterocycles. The van der Waals surface area contributed by atoms with Gasteiger partial charge in [-0.25, -0.2) is 4.79 Å². The van der Waals surface area contributed by atoms with E-state index in [1.165, 1.54) is 11.3 Å². The summed E-state index contributed by atoms with van der Waals surface area (Å²) in [5.41, 5.74) is 2.68. The number of rotatable bonds is 5. The molecule has 214 valence electrons. The number of anilines is 1. The molecule has 0 bridgehead atoms. The van der Waals surface area contributed by atoms with Crippen molar-refractivity contribution in [3.05, 3.63) is 59.9 Å². The first kappa shape index (κ1) is 27.9. The molecular weight excluding hydrogens is 506 g/mol. The smallest absolute Gasteiger partial charge is 0.410 e. The minimum atomic E-state index is -0.522. The second-order valence-electron chi connectivity index (χ2n) is 12.1. The molecule has 2 fully saturated rings. The van der Waals surface area contributed by atoms with Gasteiger partial charge in [-0.3, -0.25) is 4.79 Å². The third-order valence-electron chi connectivity index (χ3n) is 7.83. The number of aryl methyl sites for hydroxylation is 1. The van der Waals surface area contributed by atoms with Crippen molar-refractivity contribution in [3.63, 3.8) is 0 Å². The third-order valence-corrected chi connectivity index (χ3v) is 7.83. The molecule has 0 unspecified atom stereocenters. The zero-order valence-corrected chi connectivity index (χ0v) is 24.3. The van der Waals surface area contributed by atoms with Gasteiger partial charge in [0, 0.05) is 63.2 Å². The number of ether oxygens (including phenoxy) is 2. The van der Waals surface area contributed by atoms with Crippen LogP contribution in [0.3, 0.4) is 0 Å². The van der Waals surface area contributed by atoms with Gasteiger partial charge in [-0.1, -0.05) is 17.7 Å². The first-order valence-corrected chi connectivity index (χ1v) is 14.3. The standard InChI is InChI=1S/C32H41N3O5/c1-22-6-8-25(9-7-22)34-18-14-26(15-19-34)38-27-10-11-28-23(20-27)21-29(39-28)30(36)33(5)24-12-16-35(17-13-24)31(37)40-32(2,3)4/h6-11,20-21,24,26H,12-19H2,1-5H3. The number of hydrogen-bond donors (Lipinski definition) is 0. The molecule has 2 amide bonds. The van der Waals surface area contributed by atoms with E-state index in [0.29, 0.717) is 37.3 Å². The summed E-state index contributed by atoms with van der Waals surface area (Å²) in [7, 11) is 1.81. The van der Waals surface area contributed by atoms with E-state index in [4.69, 9.17) is 13.9 Å². The Morgan fingerprint density at radius 1 is 0.925 bits per heavy atom. The molecule has 0 radical (unpaired) electrons. The fraction of sp³-hybridized carbons (Fsp3) is 0.500. The summed E-state index contributed by atoms with van der Waals surface area (Å²) in [6.07, 6.45) is 3.17. The summed E-state index contributed by atoms with van der Waals surface area (Å²) in [5, 5.41) is 0.853. The fourth-order valence-electron chi connectivity index (χ4n) is 5.48. The monoisotopic (exact) mass is 547 g/mol. The predicted molar refractivity (Wildman–Crippen MR) is 156 cm³/mol. The van der Waals surface area contributed by atoms with Gasteiger partial charge < -0.3 is 28.6 Å². The fourth-order valence-corrected chi connectivity index (χ4v) is 5.48. The van der Waals surface area contributed by atoms with Crippen molar-refractivity contribution in [1.82, 2.24) is 9.80 Å². The highest BCUT2D eigenvalue weighted by Gasteiger charge is 2.31. The number of carbonyl (C=O) groups excluding carboxylic acids is 2. The number of fused-ring (bicyclic) bond motifs is 1. The van der Waals surface area contributed by atoms with Crippen molar-refractivity contribution in [2.45, 2.75) is 71.1 Å². The van der Waals surface area contributed by atoms with Crippen LogP contribution in [0.15, 0.2) is 52.9 Å². The highest BCUT2D eigenvalue weighted by atomic mass is 16.6. The van der Waals surface area contributed by atoms with E-state index >= 15 is 0 Å². The Balaban J connectivity index is 1.15. The van der Waals surface area contributed by atoms with E-state index < -0.39 is 5.60 Å². The van der Waals surface area contributed by atoms with Crippen molar-refractivity contribution >= 4 is 28.7 Å². The number of carbonyl (C=O) groups is 2. The predicted octanol–water partition coefficient (Wildman–Crippen LogP) is 6.26. The molecule has 0 aliphatic carbocycles. The van der Waals surface area contributed by atoms with Crippen LogP contribution in [0.5, 0.6) is 5.75 Å². The molecule has 2 aliphatic rings. The van der Waals surface area contributed by atoms with Crippen molar-refractivity contribution in [1.29, 1.82) is 0 Å². The van der Waals surface area contributed by atoms with Crippen LogP contribution in [0.4, 0.5) is 10.5 Å². The average molecular weight is 548 g/mol. The lowest BCUT2D eigenvalue weighted by molar-refractivity contribution is 0.0158. The van der Waals surface area contributed by atoms with Gasteiger partial charge in [-0.05, 0) is 76.9 Å². The molecule has 1 aromatic heterocycles. The van der Waals surface area contributed by atoms with Gasteiger partial charge in [-0.15, -0.1) is 0 Å². The highest BCUT2D eigenvalue weighted by molar-refractivity contribution is 5.96. The maximum atomic E-state index is 13.3. The molecule has 0 atom stereocenters. The molecule has 0 N–H and O–H groups in total. The van der Waals surface area contributed by atoms with Crippen LogP contribution in [-0.2, 0) is 4.74 Å². The van der Waals surface area contributed by atoms with Gasteiger partial charge in [0.2, 0.25) is 0 Å². The summed E-state index contributed by atoms with van der Waals surface area (Å²) in [5.74, 6) is 0.956. The first-order valence-electron chi connectivity index (χ1n) is 14.3. The summed E-state index contributed by atoms with van der Waals surface area (Å²) in [6, 6.07) is 16.3. The molecule has 3 aromatic rings. The Labute approximate surface area is 236 Å². The van der Waals surface area contributed by atoms with Crippen LogP contribution in [-0.4, -0.2) is 72.8 Å². The summed E-state index contributed by atoms with van der Waals surface area (Å²) >= 11 is 0. The van der Waals surface area contributed by atoms with Gasteiger partial charge in [0.05, 0.1) is 0 Å². The first-order chi connectivity index (χ1) is 19.1. The Morgan fingerprint density at radius 3 is 2.25 bits per heavy atom. The molecule has 0 spiro atoms. The lowest BCUT2D eigenvalue weighted by Gasteiger charge is -2.37. The number of piperidine rings is 2. The van der Waals surface area contributed by atoms with E-state index in [1.807, 2.05) is 39.0 Å². The van der Waals surface area contributed by atoms with Crippen molar-refractivity contribution < 1.29 is 23.5 Å². The maximum Gasteiger partial charge on any atom is 0.410 e. The molecule has 5 rings (SSSR count). The zero-order valence-electron chi connectivity index (χ0n) is 24.3. The minimum absolute atomic E-state index is 0.0315. The molecular formula is C32H41N3O5. The van der Waals surface area contributed by atoms with Crippen molar-refractivity contribution in [2.75, 3.05) is 38.1 Å². The Kier molecular flexibility index (Phi) is 7.97. The van der Waals surface area contributed by atoms with E-state index in [2.05, 4.69) is 36.1 Å². The van der Waals surface area contributed by atoms with Crippen LogP contribution in [0.25, 0.3) is 11.0 Å². The van der Waals surface area contributed by atoms with Gasteiger partial charge >= 0.3 is 6.09 Å².